The lowest BCUT2D eigenvalue weighted by atomic mass is 10.3. The van der Waals surface area contributed by atoms with E-state index in [9.17, 15) is 8.42 Å². The average Bonchev–Trinajstić information content (AvgIpc) is 2.28. The number of aromatic nitrogens is 1. The minimum absolute atomic E-state index is 0.113. The number of anilines is 1. The smallest absolute Gasteiger partial charge is 0.184 e. The first-order valence-corrected chi connectivity index (χ1v) is 7.13. The Balaban J connectivity index is 2.33. The van der Waals surface area contributed by atoms with Gasteiger partial charge in [-0.1, -0.05) is 12.1 Å². The zero-order valence-corrected chi connectivity index (χ0v) is 10.8. The van der Waals surface area contributed by atoms with Crippen LogP contribution >= 0.6 is 0 Å². The fraction of sp³-hybridized carbons (Fsp3) is 0.154. The van der Waals surface area contributed by atoms with Gasteiger partial charge in [0.15, 0.2) is 9.84 Å². The van der Waals surface area contributed by atoms with E-state index in [4.69, 9.17) is 5.73 Å². The molecule has 0 bridgehead atoms. The van der Waals surface area contributed by atoms with Gasteiger partial charge in [0.05, 0.1) is 16.3 Å². The van der Waals surface area contributed by atoms with Crippen molar-refractivity contribution < 1.29 is 8.42 Å². The van der Waals surface area contributed by atoms with Crippen molar-refractivity contribution in [2.45, 2.75) is 17.6 Å². The molecule has 0 atom stereocenters. The van der Waals surface area contributed by atoms with Gasteiger partial charge < -0.3 is 5.73 Å². The summed E-state index contributed by atoms with van der Waals surface area (Å²) >= 11 is 0. The molecule has 1 aromatic heterocycles. The molecular weight excluding hydrogens is 248 g/mol. The molecule has 0 spiro atoms. The van der Waals surface area contributed by atoms with Gasteiger partial charge in [-0.05, 0) is 37.3 Å². The number of hydrogen-bond acceptors (Lipinski definition) is 4. The second kappa shape index (κ2) is 4.78. The molecule has 5 heteroatoms. The molecule has 0 aliphatic carbocycles. The zero-order chi connectivity index (χ0) is 13.2. The number of rotatable bonds is 3. The Morgan fingerprint density at radius 3 is 2.56 bits per heavy atom. The number of sulfone groups is 1. The van der Waals surface area contributed by atoms with E-state index in [0.717, 1.165) is 5.69 Å². The molecule has 18 heavy (non-hydrogen) atoms. The summed E-state index contributed by atoms with van der Waals surface area (Å²) in [6.45, 7) is 1.83. The summed E-state index contributed by atoms with van der Waals surface area (Å²) in [6, 6.07) is 11.6. The van der Waals surface area contributed by atoms with Gasteiger partial charge in [0, 0.05) is 11.4 Å². The van der Waals surface area contributed by atoms with E-state index in [1.807, 2.05) is 13.0 Å². The van der Waals surface area contributed by atoms with Gasteiger partial charge in [0.2, 0.25) is 0 Å². The van der Waals surface area contributed by atoms with Gasteiger partial charge in [-0.25, -0.2) is 8.42 Å². The quantitative estimate of drug-likeness (QED) is 0.858. The Hall–Kier alpha value is -1.88. The van der Waals surface area contributed by atoms with Crippen LogP contribution in [0.1, 0.15) is 11.4 Å². The average molecular weight is 262 g/mol. The van der Waals surface area contributed by atoms with E-state index in [2.05, 4.69) is 4.98 Å². The topological polar surface area (TPSA) is 73.0 Å². The summed E-state index contributed by atoms with van der Waals surface area (Å²) in [7, 11) is -3.40. The van der Waals surface area contributed by atoms with Gasteiger partial charge in [-0.15, -0.1) is 0 Å². The molecule has 0 saturated carbocycles. The minimum atomic E-state index is -3.40. The van der Waals surface area contributed by atoms with E-state index < -0.39 is 9.84 Å². The number of hydrogen-bond donors (Lipinski definition) is 1. The van der Waals surface area contributed by atoms with Crippen molar-refractivity contribution in [2.75, 3.05) is 5.73 Å². The summed E-state index contributed by atoms with van der Waals surface area (Å²) in [5, 5.41) is 0. The zero-order valence-electron chi connectivity index (χ0n) is 10.00. The predicted octanol–water partition coefficient (Wildman–Crippen LogP) is 1.95. The number of nitrogens with two attached hydrogens (primary N) is 1. The standard InChI is InChI=1S/C13H14N2O2S/c1-10-4-2-6-12(15-10)9-18(16,17)13-7-3-5-11(14)8-13/h2-8H,9,14H2,1H3. The van der Waals surface area contributed by atoms with Crippen molar-refractivity contribution in [2.24, 2.45) is 0 Å². The Morgan fingerprint density at radius 1 is 1.17 bits per heavy atom. The van der Waals surface area contributed by atoms with E-state index in [0.29, 0.717) is 11.4 Å². The van der Waals surface area contributed by atoms with Crippen molar-refractivity contribution in [1.82, 2.24) is 4.98 Å². The highest BCUT2D eigenvalue weighted by molar-refractivity contribution is 7.90. The number of benzene rings is 1. The van der Waals surface area contributed by atoms with Crippen LogP contribution in [-0.2, 0) is 15.6 Å². The Bertz CT molecular complexity index is 666. The monoisotopic (exact) mass is 262 g/mol. The van der Waals surface area contributed by atoms with Crippen LogP contribution in [0.2, 0.25) is 0 Å². The fourth-order valence-electron chi connectivity index (χ4n) is 1.67. The number of aryl methyl sites for hydroxylation is 1. The van der Waals surface area contributed by atoms with E-state index in [1.165, 1.54) is 6.07 Å². The summed E-state index contributed by atoms with van der Waals surface area (Å²) in [5.41, 5.74) is 7.37. The van der Waals surface area contributed by atoms with Crippen molar-refractivity contribution in [3.8, 4) is 0 Å². The SMILES string of the molecule is Cc1cccc(CS(=O)(=O)c2cccc(N)c2)n1. The molecule has 2 aromatic rings. The lowest BCUT2D eigenvalue weighted by Crippen LogP contribution is -2.07. The molecule has 2 N–H and O–H groups in total. The maximum Gasteiger partial charge on any atom is 0.184 e. The van der Waals surface area contributed by atoms with Crippen molar-refractivity contribution in [3.63, 3.8) is 0 Å². The third kappa shape index (κ3) is 2.87. The highest BCUT2D eigenvalue weighted by Crippen LogP contribution is 2.17. The van der Waals surface area contributed by atoms with Gasteiger partial charge in [0.25, 0.3) is 0 Å². The second-order valence-electron chi connectivity index (χ2n) is 4.10. The molecule has 4 nitrogen and oxygen atoms in total. The second-order valence-corrected chi connectivity index (χ2v) is 6.09. The van der Waals surface area contributed by atoms with Crippen LogP contribution in [0.5, 0.6) is 0 Å². The Labute approximate surface area is 106 Å². The van der Waals surface area contributed by atoms with E-state index in [1.54, 1.807) is 30.3 Å². The van der Waals surface area contributed by atoms with E-state index in [-0.39, 0.29) is 10.6 Å². The molecule has 0 unspecified atom stereocenters. The van der Waals surface area contributed by atoms with Crippen LogP contribution in [0, 0.1) is 6.92 Å². The lowest BCUT2D eigenvalue weighted by Gasteiger charge is -2.05. The van der Waals surface area contributed by atoms with Crippen molar-refractivity contribution in [3.05, 3.63) is 53.9 Å². The van der Waals surface area contributed by atoms with Crippen LogP contribution in [0.25, 0.3) is 0 Å². The van der Waals surface area contributed by atoms with Gasteiger partial charge in [0.1, 0.15) is 0 Å². The van der Waals surface area contributed by atoms with Crippen LogP contribution in [0.3, 0.4) is 0 Å². The minimum Gasteiger partial charge on any atom is -0.399 e. The Morgan fingerprint density at radius 2 is 1.89 bits per heavy atom. The first-order chi connectivity index (χ1) is 8.47. The van der Waals surface area contributed by atoms with Crippen LogP contribution in [-0.4, -0.2) is 13.4 Å². The van der Waals surface area contributed by atoms with Crippen molar-refractivity contribution >= 4 is 15.5 Å². The fourth-order valence-corrected chi connectivity index (χ4v) is 2.98. The molecule has 94 valence electrons. The summed E-state index contributed by atoms with van der Waals surface area (Å²) in [5.74, 6) is -0.113. The number of nitrogens with zero attached hydrogens (tertiary/aromatic N) is 1. The molecule has 0 saturated heterocycles. The number of nitrogen functional groups attached to an aromatic ring is 1. The molecule has 0 fully saturated rings. The third-order valence-corrected chi connectivity index (χ3v) is 4.15. The molecule has 0 aliphatic rings. The molecule has 0 radical (unpaired) electrons. The summed E-state index contributed by atoms with van der Waals surface area (Å²) < 4.78 is 24.3. The molecule has 0 amide bonds. The van der Waals surface area contributed by atoms with Crippen LogP contribution < -0.4 is 5.73 Å². The largest absolute Gasteiger partial charge is 0.399 e. The van der Waals surface area contributed by atoms with Crippen LogP contribution in [0.15, 0.2) is 47.4 Å². The van der Waals surface area contributed by atoms with Crippen molar-refractivity contribution in [1.29, 1.82) is 0 Å². The normalized spacial score (nSPS) is 11.4. The first kappa shape index (κ1) is 12.6. The molecule has 2 rings (SSSR count). The van der Waals surface area contributed by atoms with Gasteiger partial charge >= 0.3 is 0 Å². The predicted molar refractivity (Wildman–Crippen MR) is 70.7 cm³/mol. The number of pyridine rings is 1. The lowest BCUT2D eigenvalue weighted by molar-refractivity contribution is 0.594. The maximum atomic E-state index is 12.2. The van der Waals surface area contributed by atoms with Gasteiger partial charge in [-0.2, -0.15) is 0 Å². The molecule has 1 aromatic carbocycles. The van der Waals surface area contributed by atoms with Gasteiger partial charge in [-0.3, -0.25) is 4.98 Å². The highest BCUT2D eigenvalue weighted by Gasteiger charge is 2.16. The van der Waals surface area contributed by atoms with Crippen LogP contribution in [0.4, 0.5) is 5.69 Å². The molecule has 0 aliphatic heterocycles. The maximum absolute atomic E-state index is 12.2. The summed E-state index contributed by atoms with van der Waals surface area (Å²) in [4.78, 5) is 4.42. The first-order valence-electron chi connectivity index (χ1n) is 5.48. The molecule has 1 heterocycles. The highest BCUT2D eigenvalue weighted by atomic mass is 32.2. The molecular formula is C13H14N2O2S. The van der Waals surface area contributed by atoms with E-state index >= 15 is 0 Å². The summed E-state index contributed by atoms with van der Waals surface area (Å²) in [6.07, 6.45) is 0. The third-order valence-electron chi connectivity index (χ3n) is 2.50. The Kier molecular flexibility index (Phi) is 3.34.